The minimum atomic E-state index is -0.331. The highest BCUT2D eigenvalue weighted by Gasteiger charge is 2.42. The molecule has 0 spiro atoms. The van der Waals surface area contributed by atoms with Crippen LogP contribution in [0.2, 0.25) is 10.0 Å². The second-order valence-corrected chi connectivity index (χ2v) is 10.0. The number of furan rings is 1. The fraction of sp³-hybridized carbons (Fsp3) is 0.179. The Morgan fingerprint density at radius 2 is 1.97 bits per heavy atom. The number of anilines is 2. The van der Waals surface area contributed by atoms with Crippen LogP contribution in [0.25, 0.3) is 11.3 Å². The molecule has 1 fully saturated rings. The molecule has 2 atom stereocenters. The van der Waals surface area contributed by atoms with Gasteiger partial charge in [0.2, 0.25) is 5.91 Å². The standard InChI is InChI=1S/C28H24Cl2N4O3S/c1-16-13-18(7-9-21(16)32-25(35)15-36-2)34-27(26(33-28(34)38)22-5-3-4-12-31-22)24-11-10-23(37-24)17-6-8-19(29)20(30)14-17/h3-14,26-27H,15H2,1-2H3,(H,32,35)(H,33,38)/t26-,27-/m1/s1. The minimum absolute atomic E-state index is 0.0190. The van der Waals surface area contributed by atoms with Crippen LogP contribution in [-0.2, 0) is 9.53 Å². The van der Waals surface area contributed by atoms with E-state index in [2.05, 4.69) is 15.6 Å². The summed E-state index contributed by atoms with van der Waals surface area (Å²) in [6.45, 7) is 1.91. The van der Waals surface area contributed by atoms with Crippen LogP contribution in [0.4, 0.5) is 11.4 Å². The number of hydrogen-bond acceptors (Lipinski definition) is 5. The Hall–Kier alpha value is -3.43. The summed E-state index contributed by atoms with van der Waals surface area (Å²) in [6, 6.07) is 20.2. The lowest BCUT2D eigenvalue weighted by atomic mass is 10.0. The van der Waals surface area contributed by atoms with Crippen molar-refractivity contribution in [3.8, 4) is 11.3 Å². The number of ether oxygens (including phenoxy) is 1. The van der Waals surface area contributed by atoms with Crippen molar-refractivity contribution in [2.45, 2.75) is 19.0 Å². The molecule has 0 aliphatic carbocycles. The Kier molecular flexibility index (Phi) is 7.67. The number of nitrogens with one attached hydrogen (secondary N) is 2. The first-order valence-electron chi connectivity index (χ1n) is 11.8. The molecular weight excluding hydrogens is 543 g/mol. The second-order valence-electron chi connectivity index (χ2n) is 8.81. The fourth-order valence-electron chi connectivity index (χ4n) is 4.49. The number of hydrogen-bond donors (Lipinski definition) is 2. The molecule has 1 saturated heterocycles. The zero-order valence-corrected chi connectivity index (χ0v) is 22.9. The molecule has 0 saturated carbocycles. The van der Waals surface area contributed by atoms with Crippen molar-refractivity contribution in [1.29, 1.82) is 0 Å². The van der Waals surface area contributed by atoms with Gasteiger partial charge in [0, 0.05) is 30.2 Å². The van der Waals surface area contributed by atoms with E-state index in [0.717, 1.165) is 22.5 Å². The summed E-state index contributed by atoms with van der Waals surface area (Å²) in [5.41, 5.74) is 4.07. The molecule has 1 aliphatic heterocycles. The maximum absolute atomic E-state index is 12.0. The van der Waals surface area contributed by atoms with Gasteiger partial charge in [0.15, 0.2) is 5.11 Å². The Morgan fingerprint density at radius 1 is 1.13 bits per heavy atom. The average Bonchev–Trinajstić information content (AvgIpc) is 3.52. The molecule has 10 heteroatoms. The molecule has 2 aromatic heterocycles. The SMILES string of the molecule is COCC(=O)Nc1ccc(N2C(=S)N[C@H](c3ccccn3)[C@H]2c2ccc(-c3ccc(Cl)c(Cl)c3)o2)cc1C. The van der Waals surface area contributed by atoms with E-state index >= 15 is 0 Å². The molecule has 0 radical (unpaired) electrons. The predicted octanol–water partition coefficient (Wildman–Crippen LogP) is 6.72. The Morgan fingerprint density at radius 3 is 2.68 bits per heavy atom. The summed E-state index contributed by atoms with van der Waals surface area (Å²) in [4.78, 5) is 18.6. The molecule has 1 amide bonds. The number of amides is 1. The first-order valence-corrected chi connectivity index (χ1v) is 13.0. The molecule has 38 heavy (non-hydrogen) atoms. The van der Waals surface area contributed by atoms with E-state index in [1.54, 1.807) is 18.3 Å². The van der Waals surface area contributed by atoms with Gasteiger partial charge in [0.1, 0.15) is 24.2 Å². The number of rotatable bonds is 7. The van der Waals surface area contributed by atoms with Gasteiger partial charge in [-0.3, -0.25) is 9.78 Å². The van der Waals surface area contributed by atoms with Gasteiger partial charge >= 0.3 is 0 Å². The van der Waals surface area contributed by atoms with Gasteiger partial charge in [0.25, 0.3) is 0 Å². The summed E-state index contributed by atoms with van der Waals surface area (Å²) >= 11 is 18.2. The largest absolute Gasteiger partial charge is 0.459 e. The summed E-state index contributed by atoms with van der Waals surface area (Å²) in [6.07, 6.45) is 1.75. The van der Waals surface area contributed by atoms with Gasteiger partial charge in [-0.1, -0.05) is 29.3 Å². The first-order chi connectivity index (χ1) is 18.4. The molecule has 4 aromatic rings. The molecule has 5 rings (SSSR count). The Balaban J connectivity index is 1.54. The molecule has 1 aliphatic rings. The van der Waals surface area contributed by atoms with E-state index in [4.69, 9.17) is 44.6 Å². The lowest BCUT2D eigenvalue weighted by Crippen LogP contribution is -2.29. The molecule has 194 valence electrons. The molecule has 0 unspecified atom stereocenters. The smallest absolute Gasteiger partial charge is 0.250 e. The first kappa shape index (κ1) is 26.2. The number of aryl methyl sites for hydroxylation is 1. The van der Waals surface area contributed by atoms with Crippen molar-refractivity contribution in [1.82, 2.24) is 10.3 Å². The average molecular weight is 567 g/mol. The number of pyridine rings is 1. The number of methoxy groups -OCH3 is 1. The second kappa shape index (κ2) is 11.1. The summed E-state index contributed by atoms with van der Waals surface area (Å²) < 4.78 is 11.3. The van der Waals surface area contributed by atoms with Crippen LogP contribution in [0.3, 0.4) is 0 Å². The van der Waals surface area contributed by atoms with Crippen LogP contribution in [0.1, 0.15) is 29.1 Å². The van der Waals surface area contributed by atoms with Gasteiger partial charge in [-0.25, -0.2) is 0 Å². The van der Waals surface area contributed by atoms with Gasteiger partial charge in [-0.2, -0.15) is 0 Å². The monoisotopic (exact) mass is 566 g/mol. The Bertz CT molecular complexity index is 1490. The van der Waals surface area contributed by atoms with Crippen molar-refractivity contribution >= 4 is 57.8 Å². The van der Waals surface area contributed by atoms with Crippen LogP contribution in [0.15, 0.2) is 77.3 Å². The number of aromatic nitrogens is 1. The Labute approximate surface area is 235 Å². The van der Waals surface area contributed by atoms with Crippen molar-refractivity contribution < 1.29 is 13.9 Å². The molecule has 3 heterocycles. The van der Waals surface area contributed by atoms with E-state index in [1.807, 2.05) is 66.4 Å². The minimum Gasteiger partial charge on any atom is -0.459 e. The van der Waals surface area contributed by atoms with Crippen LogP contribution < -0.4 is 15.5 Å². The third-order valence-electron chi connectivity index (χ3n) is 6.26. The predicted molar refractivity (Wildman–Crippen MR) is 154 cm³/mol. The zero-order valence-electron chi connectivity index (χ0n) is 20.6. The molecule has 2 N–H and O–H groups in total. The maximum Gasteiger partial charge on any atom is 0.250 e. The van der Waals surface area contributed by atoms with Crippen molar-refractivity contribution in [3.63, 3.8) is 0 Å². The van der Waals surface area contributed by atoms with Gasteiger partial charge in [0.05, 0.1) is 21.8 Å². The van der Waals surface area contributed by atoms with Crippen LogP contribution in [-0.4, -0.2) is 29.7 Å². The van der Waals surface area contributed by atoms with E-state index in [0.29, 0.717) is 32.4 Å². The number of benzene rings is 2. The molecule has 2 aromatic carbocycles. The zero-order chi connectivity index (χ0) is 26.8. The third kappa shape index (κ3) is 5.26. The highest BCUT2D eigenvalue weighted by molar-refractivity contribution is 7.80. The number of halogens is 2. The number of carbonyl (C=O) groups is 1. The van der Waals surface area contributed by atoms with E-state index < -0.39 is 0 Å². The quantitative estimate of drug-likeness (QED) is 0.240. The number of nitrogens with zero attached hydrogens (tertiary/aromatic N) is 2. The molecule has 0 bridgehead atoms. The highest BCUT2D eigenvalue weighted by atomic mass is 35.5. The number of thiocarbonyl (C=S) groups is 1. The van der Waals surface area contributed by atoms with E-state index in [9.17, 15) is 4.79 Å². The molecular formula is C28H24Cl2N4O3S. The normalized spacial score (nSPS) is 16.9. The highest BCUT2D eigenvalue weighted by Crippen LogP contribution is 2.43. The topological polar surface area (TPSA) is 79.6 Å². The van der Waals surface area contributed by atoms with Gasteiger partial charge in [-0.15, -0.1) is 0 Å². The van der Waals surface area contributed by atoms with Crippen LogP contribution >= 0.6 is 35.4 Å². The van der Waals surface area contributed by atoms with Crippen molar-refractivity contribution in [3.05, 3.63) is 100.0 Å². The molecule has 7 nitrogen and oxygen atoms in total. The van der Waals surface area contributed by atoms with E-state index in [-0.39, 0.29) is 24.6 Å². The van der Waals surface area contributed by atoms with Crippen LogP contribution in [0, 0.1) is 6.92 Å². The van der Waals surface area contributed by atoms with Crippen molar-refractivity contribution in [2.75, 3.05) is 23.9 Å². The maximum atomic E-state index is 12.0. The summed E-state index contributed by atoms with van der Waals surface area (Å²) in [5.74, 6) is 1.13. The van der Waals surface area contributed by atoms with E-state index in [1.165, 1.54) is 7.11 Å². The fourth-order valence-corrected chi connectivity index (χ4v) is 5.14. The number of carbonyl (C=O) groups excluding carboxylic acids is 1. The van der Waals surface area contributed by atoms with Gasteiger partial charge in [-0.05, 0) is 85.4 Å². The van der Waals surface area contributed by atoms with Crippen LogP contribution in [0.5, 0.6) is 0 Å². The van der Waals surface area contributed by atoms with Gasteiger partial charge < -0.3 is 24.7 Å². The third-order valence-corrected chi connectivity index (χ3v) is 7.31. The summed E-state index contributed by atoms with van der Waals surface area (Å²) in [5, 5.41) is 7.76. The van der Waals surface area contributed by atoms with Crippen molar-refractivity contribution in [2.24, 2.45) is 0 Å². The lowest BCUT2D eigenvalue weighted by molar-refractivity contribution is -0.119. The lowest BCUT2D eigenvalue weighted by Gasteiger charge is -2.26. The summed E-state index contributed by atoms with van der Waals surface area (Å²) in [7, 11) is 1.48.